The van der Waals surface area contributed by atoms with E-state index in [0.29, 0.717) is 0 Å². The Bertz CT molecular complexity index is 338. The topological polar surface area (TPSA) is 26.9 Å². The molecule has 0 unspecified atom stereocenters. The standard InChI is InChI=1S/C6H6ClNO/c1-5-4-6(7)2-3-8(5)9/h2-4H,1H3/i1D3,3D. The van der Waals surface area contributed by atoms with E-state index in [-0.39, 0.29) is 9.75 Å². The van der Waals surface area contributed by atoms with Crippen molar-refractivity contribution in [3.8, 4) is 0 Å². The van der Waals surface area contributed by atoms with Crippen LogP contribution in [0, 0.1) is 12.1 Å². The molecule has 3 heteroatoms. The molecule has 0 spiro atoms. The molecule has 1 aromatic rings. The van der Waals surface area contributed by atoms with Crippen LogP contribution in [0.25, 0.3) is 0 Å². The molecular weight excluding hydrogens is 138 g/mol. The number of pyridine rings is 1. The summed E-state index contributed by atoms with van der Waals surface area (Å²) >= 11 is 5.51. The largest absolute Gasteiger partial charge is 0.619 e. The van der Waals surface area contributed by atoms with Crippen molar-refractivity contribution < 1.29 is 10.2 Å². The Morgan fingerprint density at radius 2 is 2.78 bits per heavy atom. The van der Waals surface area contributed by atoms with E-state index in [2.05, 4.69) is 0 Å². The van der Waals surface area contributed by atoms with E-state index in [9.17, 15) is 5.21 Å². The van der Waals surface area contributed by atoms with Gasteiger partial charge in [-0.1, -0.05) is 11.6 Å². The fraction of sp³-hybridized carbons (Fsp3) is 0.167. The van der Waals surface area contributed by atoms with Crippen LogP contribution < -0.4 is 4.73 Å². The van der Waals surface area contributed by atoms with Crippen LogP contribution in [0.1, 0.15) is 11.2 Å². The summed E-state index contributed by atoms with van der Waals surface area (Å²) in [6.45, 7) is -2.54. The molecule has 0 amide bonds. The van der Waals surface area contributed by atoms with Crippen molar-refractivity contribution in [1.29, 1.82) is 0 Å². The maximum atomic E-state index is 11.1. The summed E-state index contributed by atoms with van der Waals surface area (Å²) in [6, 6.07) is 2.13. The number of rotatable bonds is 0. The molecule has 1 rings (SSSR count). The molecule has 0 aliphatic heterocycles. The van der Waals surface area contributed by atoms with Gasteiger partial charge in [0.1, 0.15) is 1.37 Å². The third-order valence-electron chi connectivity index (χ3n) is 0.813. The SMILES string of the molecule is [2H]c1cc(Cl)cc(C([2H])([2H])[2H])[n+]1[O-]. The zero-order chi connectivity index (χ0) is 10.2. The van der Waals surface area contributed by atoms with Crippen LogP contribution in [-0.2, 0) is 0 Å². The van der Waals surface area contributed by atoms with Gasteiger partial charge in [-0.05, 0) is 0 Å². The predicted octanol–water partition coefficient (Wildman–Crippen LogP) is 1.28. The van der Waals surface area contributed by atoms with Gasteiger partial charge in [-0.25, -0.2) is 0 Å². The molecule has 0 fully saturated rings. The molecule has 0 N–H and O–H groups in total. The predicted molar refractivity (Wildman–Crippen MR) is 35.1 cm³/mol. The lowest BCUT2D eigenvalue weighted by Crippen LogP contribution is -2.28. The van der Waals surface area contributed by atoms with Crippen LogP contribution in [0.5, 0.6) is 0 Å². The summed E-state index contributed by atoms with van der Waals surface area (Å²) in [4.78, 5) is 0. The molecule has 9 heavy (non-hydrogen) atoms. The van der Waals surface area contributed by atoms with Gasteiger partial charge in [0, 0.05) is 23.1 Å². The van der Waals surface area contributed by atoms with Gasteiger partial charge in [-0.2, -0.15) is 4.73 Å². The summed E-state index contributed by atoms with van der Waals surface area (Å²) in [5, 5.41) is 11.2. The second-order valence-corrected chi connectivity index (χ2v) is 1.92. The van der Waals surface area contributed by atoms with E-state index in [0.717, 1.165) is 12.1 Å². The molecule has 2 nitrogen and oxygen atoms in total. The lowest BCUT2D eigenvalue weighted by molar-refractivity contribution is -0.612. The molecule has 48 valence electrons. The lowest BCUT2D eigenvalue weighted by Gasteiger charge is -1.97. The normalized spacial score (nSPS) is 17.4. The first-order chi connectivity index (χ1) is 5.82. The van der Waals surface area contributed by atoms with E-state index in [4.69, 9.17) is 17.1 Å². The van der Waals surface area contributed by atoms with Gasteiger partial charge >= 0.3 is 0 Å². The van der Waals surface area contributed by atoms with Crippen LogP contribution in [0.2, 0.25) is 5.02 Å². The molecule has 0 bridgehead atoms. The molecule has 0 radical (unpaired) electrons. The van der Waals surface area contributed by atoms with Crippen LogP contribution in [-0.4, -0.2) is 0 Å². The quantitative estimate of drug-likeness (QED) is 0.401. The van der Waals surface area contributed by atoms with Gasteiger partial charge in [0.15, 0.2) is 11.9 Å². The highest BCUT2D eigenvalue weighted by Gasteiger charge is 1.96. The number of hydrogen-bond donors (Lipinski definition) is 0. The first-order valence-electron chi connectivity index (χ1n) is 4.22. The van der Waals surface area contributed by atoms with Crippen molar-refractivity contribution in [3.63, 3.8) is 0 Å². The van der Waals surface area contributed by atoms with Gasteiger partial charge in [0.2, 0.25) is 0 Å². The monoisotopic (exact) mass is 147 g/mol. The third-order valence-corrected chi connectivity index (χ3v) is 1.03. The maximum absolute atomic E-state index is 11.1. The Hall–Kier alpha value is -0.760. The van der Waals surface area contributed by atoms with E-state index in [1.807, 2.05) is 0 Å². The minimum Gasteiger partial charge on any atom is -0.619 e. The van der Waals surface area contributed by atoms with Crippen LogP contribution in [0.15, 0.2) is 18.3 Å². The van der Waals surface area contributed by atoms with Crippen LogP contribution >= 0.6 is 11.6 Å². The van der Waals surface area contributed by atoms with Crippen molar-refractivity contribution in [1.82, 2.24) is 0 Å². The van der Waals surface area contributed by atoms with E-state index >= 15 is 0 Å². The second kappa shape index (κ2) is 2.23. The summed E-state index contributed by atoms with van der Waals surface area (Å²) in [5.41, 5.74) is -0.481. The van der Waals surface area contributed by atoms with Crippen molar-refractivity contribution in [2.75, 3.05) is 0 Å². The first kappa shape index (κ1) is 2.88. The number of aromatic nitrogens is 1. The van der Waals surface area contributed by atoms with Gasteiger partial charge in [0.25, 0.3) is 0 Å². The fourth-order valence-electron chi connectivity index (χ4n) is 0.421. The van der Waals surface area contributed by atoms with E-state index in [1.165, 1.54) is 0 Å². The maximum Gasteiger partial charge on any atom is 0.191 e. The highest BCUT2D eigenvalue weighted by atomic mass is 35.5. The highest BCUT2D eigenvalue weighted by Crippen LogP contribution is 2.04. The van der Waals surface area contributed by atoms with Crippen molar-refractivity contribution >= 4 is 11.6 Å². The van der Waals surface area contributed by atoms with E-state index in [1.54, 1.807) is 0 Å². The third kappa shape index (κ3) is 1.33. The Kier molecular flexibility index (Phi) is 0.715. The second-order valence-electron chi connectivity index (χ2n) is 1.48. The summed E-state index contributed by atoms with van der Waals surface area (Å²) in [5.74, 6) is 0. The van der Waals surface area contributed by atoms with Crippen molar-refractivity contribution in [2.24, 2.45) is 0 Å². The van der Waals surface area contributed by atoms with Crippen LogP contribution in [0.3, 0.4) is 0 Å². The number of halogens is 1. The molecule has 0 aromatic carbocycles. The zero-order valence-electron chi connectivity index (χ0n) is 8.39. The molecule has 0 atom stereocenters. The Morgan fingerprint density at radius 1 is 2.00 bits per heavy atom. The van der Waals surface area contributed by atoms with Crippen molar-refractivity contribution in [2.45, 2.75) is 6.85 Å². The van der Waals surface area contributed by atoms with Gasteiger partial charge in [-0.3, -0.25) is 0 Å². The molecule has 0 aliphatic rings. The minimum absolute atomic E-state index is 0.0406. The molecule has 0 saturated heterocycles. The summed E-state index contributed by atoms with van der Waals surface area (Å²) in [7, 11) is 0. The van der Waals surface area contributed by atoms with Gasteiger partial charge in [-0.15, -0.1) is 0 Å². The molecular formula is C6H6ClNO. The molecule has 0 aliphatic carbocycles. The van der Waals surface area contributed by atoms with Crippen molar-refractivity contribution in [3.05, 3.63) is 34.2 Å². The number of aryl methyl sites for hydroxylation is 1. The molecule has 1 aromatic heterocycles. The zero-order valence-corrected chi connectivity index (χ0v) is 5.14. The molecule has 1 heterocycles. The first-order valence-corrected chi connectivity index (χ1v) is 2.60. The summed E-state index contributed by atoms with van der Waals surface area (Å²) in [6.07, 6.45) is -0.473. The highest BCUT2D eigenvalue weighted by molar-refractivity contribution is 6.30. The Labute approximate surface area is 63.9 Å². The lowest BCUT2D eigenvalue weighted by atomic mass is 10.4. The average Bonchev–Trinajstić information content (AvgIpc) is 1.94. The minimum atomic E-state index is -2.54. The van der Waals surface area contributed by atoms with Gasteiger partial charge < -0.3 is 5.21 Å². The van der Waals surface area contributed by atoms with Crippen LogP contribution in [0.4, 0.5) is 0 Å². The van der Waals surface area contributed by atoms with E-state index < -0.39 is 18.7 Å². The summed E-state index contributed by atoms with van der Waals surface area (Å²) < 4.78 is 28.1. The number of nitrogens with zero attached hydrogens (tertiary/aromatic N) is 1. The molecule has 0 saturated carbocycles. The Balaban J connectivity index is 3.37. The number of hydrogen-bond acceptors (Lipinski definition) is 1. The average molecular weight is 148 g/mol. The fourth-order valence-corrected chi connectivity index (χ4v) is 0.573. The van der Waals surface area contributed by atoms with Gasteiger partial charge in [0.05, 0.1) is 5.02 Å². The Morgan fingerprint density at radius 3 is 3.44 bits per heavy atom. The smallest absolute Gasteiger partial charge is 0.191 e.